The van der Waals surface area contributed by atoms with E-state index in [4.69, 9.17) is 4.74 Å². The maximum atomic E-state index is 14.8. The van der Waals surface area contributed by atoms with Crippen molar-refractivity contribution in [1.29, 1.82) is 0 Å². The number of thiophene rings is 1. The van der Waals surface area contributed by atoms with E-state index in [-0.39, 0.29) is 18.3 Å². The molecule has 5 nitrogen and oxygen atoms in total. The van der Waals surface area contributed by atoms with Gasteiger partial charge in [0.25, 0.3) is 5.91 Å². The number of ether oxygens (including phenoxy) is 1. The number of fused-ring (bicyclic) bond motifs is 1. The van der Waals surface area contributed by atoms with Gasteiger partial charge in [0.2, 0.25) is 0 Å². The molecule has 4 aromatic rings. The van der Waals surface area contributed by atoms with Gasteiger partial charge < -0.3 is 14.5 Å². The molecule has 0 spiro atoms. The molecule has 0 bridgehead atoms. The minimum absolute atomic E-state index is 0.0572. The van der Waals surface area contributed by atoms with Crippen molar-refractivity contribution in [3.8, 4) is 5.75 Å². The van der Waals surface area contributed by atoms with Crippen LogP contribution in [0.2, 0.25) is 0 Å². The number of carbonyl (C=O) groups is 1. The Morgan fingerprint density at radius 3 is 2.75 bits per heavy atom. The van der Waals surface area contributed by atoms with Crippen LogP contribution in [0.1, 0.15) is 21.7 Å². The molecule has 0 atom stereocenters. The van der Waals surface area contributed by atoms with Gasteiger partial charge in [-0.25, -0.2) is 9.37 Å². The number of para-hydroxylation sites is 1. The topological polar surface area (TPSA) is 45.7 Å². The predicted molar refractivity (Wildman–Crippen MR) is 127 cm³/mol. The number of carbonyl (C=O) groups excluding carboxylic acids is 1. The Labute approximate surface area is 193 Å². The average molecular weight is 468 g/mol. The zero-order valence-corrected chi connectivity index (χ0v) is 19.0. The highest BCUT2D eigenvalue weighted by Crippen LogP contribution is 2.35. The Balaban J connectivity index is 1.42. The molecule has 2 aromatic heterocycles. The summed E-state index contributed by atoms with van der Waals surface area (Å²) in [6.45, 7) is 3.01. The quantitative estimate of drug-likeness (QED) is 0.393. The lowest BCUT2D eigenvalue weighted by Gasteiger charge is -2.22. The molecule has 8 heteroatoms. The second-order valence-corrected chi connectivity index (χ2v) is 9.50. The molecule has 1 saturated heterocycles. The van der Waals surface area contributed by atoms with Crippen molar-refractivity contribution in [2.24, 2.45) is 0 Å². The number of hydrogen-bond donors (Lipinski definition) is 0. The lowest BCUT2D eigenvalue weighted by molar-refractivity contribution is 0.0769. The van der Waals surface area contributed by atoms with Gasteiger partial charge in [0.15, 0.2) is 5.13 Å². The normalized spacial score (nSPS) is 14.5. The number of rotatable bonds is 5. The number of aromatic nitrogens is 1. The highest BCUT2D eigenvalue weighted by Gasteiger charge is 2.27. The minimum Gasteiger partial charge on any atom is -0.489 e. The molecule has 0 radical (unpaired) electrons. The van der Waals surface area contributed by atoms with Crippen molar-refractivity contribution in [3.63, 3.8) is 0 Å². The second-order valence-electron chi connectivity index (χ2n) is 7.57. The average Bonchev–Trinajstić information content (AvgIpc) is 3.41. The van der Waals surface area contributed by atoms with Gasteiger partial charge in [0.05, 0.1) is 4.88 Å². The van der Waals surface area contributed by atoms with E-state index in [2.05, 4.69) is 9.88 Å². The van der Waals surface area contributed by atoms with Gasteiger partial charge in [-0.2, -0.15) is 0 Å². The maximum absolute atomic E-state index is 14.8. The molecule has 5 rings (SSSR count). The first-order chi connectivity index (χ1) is 15.7. The molecule has 0 unspecified atom stereocenters. The van der Waals surface area contributed by atoms with Crippen LogP contribution in [0.4, 0.5) is 9.52 Å². The van der Waals surface area contributed by atoms with Crippen LogP contribution in [0, 0.1) is 5.82 Å². The summed E-state index contributed by atoms with van der Waals surface area (Å²) in [5.74, 6) is 0.309. The van der Waals surface area contributed by atoms with E-state index in [1.165, 1.54) is 17.4 Å². The Morgan fingerprint density at radius 2 is 1.94 bits per heavy atom. The summed E-state index contributed by atoms with van der Waals surface area (Å²) in [5, 5.41) is 3.43. The van der Waals surface area contributed by atoms with Gasteiger partial charge in [0.1, 0.15) is 18.2 Å². The number of hydrogen-bond acceptors (Lipinski definition) is 6. The Hall–Kier alpha value is -2.97. The van der Waals surface area contributed by atoms with Gasteiger partial charge in [-0.1, -0.05) is 24.3 Å². The number of benzene rings is 2. The first-order valence-electron chi connectivity index (χ1n) is 10.5. The second kappa shape index (κ2) is 9.26. The van der Waals surface area contributed by atoms with E-state index in [0.717, 1.165) is 29.3 Å². The monoisotopic (exact) mass is 467 g/mol. The van der Waals surface area contributed by atoms with Crippen molar-refractivity contribution in [3.05, 3.63) is 76.4 Å². The summed E-state index contributed by atoms with van der Waals surface area (Å²) in [7, 11) is 0. The summed E-state index contributed by atoms with van der Waals surface area (Å²) in [6.07, 6.45) is 2.67. The van der Waals surface area contributed by atoms with Crippen molar-refractivity contribution in [2.45, 2.75) is 13.0 Å². The molecule has 3 heterocycles. The molecular formula is C24H22FN3O2S2. The van der Waals surface area contributed by atoms with Crippen LogP contribution in [-0.2, 0) is 6.61 Å². The molecule has 0 saturated carbocycles. The summed E-state index contributed by atoms with van der Waals surface area (Å²) < 4.78 is 21.5. The zero-order valence-electron chi connectivity index (χ0n) is 17.4. The molecule has 0 aliphatic carbocycles. The van der Waals surface area contributed by atoms with E-state index in [9.17, 15) is 9.18 Å². The fraction of sp³-hybridized carbons (Fsp3) is 0.250. The van der Waals surface area contributed by atoms with Crippen LogP contribution in [0.3, 0.4) is 0 Å². The molecule has 164 valence electrons. The lowest BCUT2D eigenvalue weighted by Crippen LogP contribution is -2.35. The summed E-state index contributed by atoms with van der Waals surface area (Å²) in [6, 6.07) is 14.4. The third-order valence-electron chi connectivity index (χ3n) is 5.56. The van der Waals surface area contributed by atoms with Crippen LogP contribution < -0.4 is 9.64 Å². The third-order valence-corrected chi connectivity index (χ3v) is 7.57. The van der Waals surface area contributed by atoms with Crippen LogP contribution >= 0.6 is 22.7 Å². The molecule has 2 aromatic carbocycles. The summed E-state index contributed by atoms with van der Waals surface area (Å²) in [5.41, 5.74) is 0.623. The molecule has 0 N–H and O–H groups in total. The smallest absolute Gasteiger partial charge is 0.264 e. The van der Waals surface area contributed by atoms with Gasteiger partial charge in [-0.05, 0) is 30.7 Å². The van der Waals surface area contributed by atoms with Crippen LogP contribution in [0.5, 0.6) is 5.75 Å². The van der Waals surface area contributed by atoms with Crippen LogP contribution in [0.25, 0.3) is 10.1 Å². The Kier molecular flexibility index (Phi) is 6.05. The zero-order chi connectivity index (χ0) is 21.9. The van der Waals surface area contributed by atoms with E-state index >= 15 is 0 Å². The molecule has 1 amide bonds. The van der Waals surface area contributed by atoms with Crippen molar-refractivity contribution in [2.75, 3.05) is 31.1 Å². The standard InChI is InChI=1S/C24H22FN3O2S2/c25-19-8-4-9-20-21(19)18(16-30-17-6-2-1-3-7-17)22(32-20)23(29)27-11-5-12-28(14-13-27)24-26-10-15-31-24/h1-4,6-10,15H,5,11-14,16H2. The highest BCUT2D eigenvalue weighted by atomic mass is 32.1. The number of thiazole rings is 1. The van der Waals surface area contributed by atoms with Crippen molar-refractivity contribution in [1.82, 2.24) is 9.88 Å². The minimum atomic E-state index is -0.324. The third kappa shape index (κ3) is 4.20. The van der Waals surface area contributed by atoms with Gasteiger partial charge in [-0.15, -0.1) is 22.7 Å². The van der Waals surface area contributed by atoms with Gasteiger partial charge in [0, 0.05) is 53.4 Å². The van der Waals surface area contributed by atoms with Gasteiger partial charge >= 0.3 is 0 Å². The summed E-state index contributed by atoms with van der Waals surface area (Å²) in [4.78, 5) is 22.6. The first kappa shape index (κ1) is 20.9. The number of halogens is 1. The van der Waals surface area contributed by atoms with E-state index < -0.39 is 0 Å². The molecule has 1 fully saturated rings. The fourth-order valence-electron chi connectivity index (χ4n) is 3.98. The Bertz CT molecular complexity index is 1210. The predicted octanol–water partition coefficient (Wildman–Crippen LogP) is 5.43. The van der Waals surface area contributed by atoms with E-state index in [1.807, 2.05) is 46.7 Å². The van der Waals surface area contributed by atoms with Crippen molar-refractivity contribution >= 4 is 43.8 Å². The molecule has 32 heavy (non-hydrogen) atoms. The van der Waals surface area contributed by atoms with Crippen LogP contribution in [0.15, 0.2) is 60.1 Å². The maximum Gasteiger partial charge on any atom is 0.264 e. The van der Waals surface area contributed by atoms with E-state index in [1.54, 1.807) is 23.6 Å². The number of nitrogens with zero attached hydrogens (tertiary/aromatic N) is 3. The summed E-state index contributed by atoms with van der Waals surface area (Å²) >= 11 is 2.96. The molecule has 1 aliphatic rings. The number of anilines is 1. The first-order valence-corrected chi connectivity index (χ1v) is 12.2. The largest absolute Gasteiger partial charge is 0.489 e. The molecular weight excluding hydrogens is 445 g/mol. The SMILES string of the molecule is O=C(c1sc2cccc(F)c2c1COc1ccccc1)N1CCCN(c2nccs2)CC1. The number of amides is 1. The highest BCUT2D eigenvalue weighted by molar-refractivity contribution is 7.21. The fourth-order valence-corrected chi connectivity index (χ4v) is 5.86. The lowest BCUT2D eigenvalue weighted by atomic mass is 10.1. The van der Waals surface area contributed by atoms with E-state index in [0.29, 0.717) is 34.7 Å². The molecule has 1 aliphatic heterocycles. The Morgan fingerprint density at radius 1 is 1.06 bits per heavy atom. The van der Waals surface area contributed by atoms with Gasteiger partial charge in [-0.3, -0.25) is 4.79 Å². The van der Waals surface area contributed by atoms with Crippen LogP contribution in [-0.4, -0.2) is 42.0 Å². The van der Waals surface area contributed by atoms with Crippen molar-refractivity contribution < 1.29 is 13.9 Å².